The lowest BCUT2D eigenvalue weighted by molar-refractivity contribution is 0.100. The average molecular weight is 408 g/mol. The SMILES string of the molecule is NC(=O)c1cc2c(-c3ccc(Br)cc3)nn(-c3ccccc3)c2nc1N. The van der Waals surface area contributed by atoms with E-state index in [1.807, 2.05) is 54.6 Å². The third kappa shape index (κ3) is 2.72. The van der Waals surface area contributed by atoms with Crippen LogP contribution in [-0.4, -0.2) is 20.7 Å². The zero-order valence-corrected chi connectivity index (χ0v) is 15.1. The van der Waals surface area contributed by atoms with Crippen molar-refractivity contribution in [3.8, 4) is 16.9 Å². The van der Waals surface area contributed by atoms with Gasteiger partial charge in [0, 0.05) is 15.4 Å². The minimum Gasteiger partial charge on any atom is -0.383 e. The van der Waals surface area contributed by atoms with Crippen LogP contribution in [0.4, 0.5) is 5.82 Å². The summed E-state index contributed by atoms with van der Waals surface area (Å²) in [5, 5.41) is 5.44. The van der Waals surface area contributed by atoms with Crippen LogP contribution in [0.2, 0.25) is 0 Å². The Bertz CT molecular complexity index is 1120. The lowest BCUT2D eigenvalue weighted by atomic mass is 10.1. The van der Waals surface area contributed by atoms with Crippen LogP contribution in [0.15, 0.2) is 65.1 Å². The number of carbonyl (C=O) groups excluding carboxylic acids is 1. The second kappa shape index (κ2) is 6.27. The van der Waals surface area contributed by atoms with Crippen LogP contribution in [0.3, 0.4) is 0 Å². The zero-order chi connectivity index (χ0) is 18.3. The van der Waals surface area contributed by atoms with Gasteiger partial charge in [-0.2, -0.15) is 5.10 Å². The fourth-order valence-electron chi connectivity index (χ4n) is 2.82. The molecule has 0 atom stereocenters. The summed E-state index contributed by atoms with van der Waals surface area (Å²) in [5.74, 6) is -0.532. The normalized spacial score (nSPS) is 11.0. The third-order valence-electron chi connectivity index (χ3n) is 4.07. The largest absolute Gasteiger partial charge is 0.383 e. The monoisotopic (exact) mass is 407 g/mol. The number of nitrogens with zero attached hydrogens (tertiary/aromatic N) is 3. The third-order valence-corrected chi connectivity index (χ3v) is 4.60. The van der Waals surface area contributed by atoms with E-state index in [4.69, 9.17) is 16.6 Å². The molecule has 26 heavy (non-hydrogen) atoms. The first-order valence-corrected chi connectivity index (χ1v) is 8.64. The number of primary amides is 1. The molecule has 0 bridgehead atoms. The number of para-hydroxylation sites is 1. The smallest absolute Gasteiger partial charge is 0.252 e. The van der Waals surface area contributed by atoms with Gasteiger partial charge in [0.2, 0.25) is 0 Å². The first-order chi connectivity index (χ1) is 12.5. The number of hydrogen-bond acceptors (Lipinski definition) is 4. The standard InChI is InChI=1S/C19H14BrN5O/c20-12-8-6-11(7-9-12)16-14-10-15(18(22)26)17(21)23-19(14)25(24-16)13-4-2-1-3-5-13/h1-10H,(H2,21,23)(H2,22,26). The molecule has 2 aromatic carbocycles. The summed E-state index contributed by atoms with van der Waals surface area (Å²) < 4.78 is 2.68. The lowest BCUT2D eigenvalue weighted by Crippen LogP contribution is -2.14. The number of nitrogen functional groups attached to an aromatic ring is 1. The highest BCUT2D eigenvalue weighted by Gasteiger charge is 2.19. The molecule has 0 aliphatic rings. The molecule has 4 N–H and O–H groups in total. The predicted molar refractivity (Wildman–Crippen MR) is 105 cm³/mol. The Balaban J connectivity index is 2.06. The Labute approximate surface area is 157 Å². The van der Waals surface area contributed by atoms with E-state index >= 15 is 0 Å². The number of halogens is 1. The number of hydrogen-bond donors (Lipinski definition) is 2. The van der Waals surface area contributed by atoms with Crippen molar-refractivity contribution < 1.29 is 4.79 Å². The molecule has 1 amide bonds. The lowest BCUT2D eigenvalue weighted by Gasteiger charge is -2.04. The van der Waals surface area contributed by atoms with Crippen molar-refractivity contribution in [2.45, 2.75) is 0 Å². The summed E-state index contributed by atoms with van der Waals surface area (Å²) in [6.07, 6.45) is 0. The zero-order valence-electron chi connectivity index (χ0n) is 13.6. The molecule has 2 aromatic heterocycles. The fraction of sp³-hybridized carbons (Fsp3) is 0. The Morgan fingerprint density at radius 2 is 1.73 bits per heavy atom. The van der Waals surface area contributed by atoms with Crippen LogP contribution >= 0.6 is 15.9 Å². The van der Waals surface area contributed by atoms with Crippen molar-refractivity contribution in [1.82, 2.24) is 14.8 Å². The number of carbonyl (C=O) groups is 1. The Morgan fingerprint density at radius 1 is 1.04 bits per heavy atom. The molecule has 0 radical (unpaired) electrons. The van der Waals surface area contributed by atoms with Gasteiger partial charge < -0.3 is 11.5 Å². The summed E-state index contributed by atoms with van der Waals surface area (Å²) in [6, 6.07) is 19.0. The second-order valence-corrected chi connectivity index (χ2v) is 6.68. The summed E-state index contributed by atoms with van der Waals surface area (Å²) >= 11 is 3.43. The molecule has 7 heteroatoms. The first-order valence-electron chi connectivity index (χ1n) is 7.85. The number of nitrogens with two attached hydrogens (primary N) is 2. The quantitative estimate of drug-likeness (QED) is 0.542. The molecule has 4 aromatic rings. The van der Waals surface area contributed by atoms with Gasteiger partial charge >= 0.3 is 0 Å². The van der Waals surface area contributed by atoms with E-state index < -0.39 is 5.91 Å². The van der Waals surface area contributed by atoms with Crippen LogP contribution in [0, 0.1) is 0 Å². The molecule has 0 saturated carbocycles. The van der Waals surface area contributed by atoms with E-state index in [1.54, 1.807) is 10.7 Å². The molecule has 4 rings (SSSR count). The minimum absolute atomic E-state index is 0.0874. The predicted octanol–water partition coefficient (Wildman–Crippen LogP) is 3.53. The van der Waals surface area contributed by atoms with Gasteiger partial charge in [0.15, 0.2) is 5.65 Å². The molecule has 6 nitrogen and oxygen atoms in total. The molecular weight excluding hydrogens is 394 g/mol. The Hall–Kier alpha value is -3.19. The average Bonchev–Trinajstić information content (AvgIpc) is 3.00. The summed E-state index contributed by atoms with van der Waals surface area (Å²) in [6.45, 7) is 0. The maximum absolute atomic E-state index is 11.7. The van der Waals surface area contributed by atoms with Gasteiger partial charge in [-0.15, -0.1) is 0 Å². The molecule has 0 spiro atoms. The van der Waals surface area contributed by atoms with Gasteiger partial charge in [-0.3, -0.25) is 4.79 Å². The number of fused-ring (bicyclic) bond motifs is 1. The van der Waals surface area contributed by atoms with E-state index in [-0.39, 0.29) is 11.4 Å². The van der Waals surface area contributed by atoms with E-state index in [2.05, 4.69) is 20.9 Å². The van der Waals surface area contributed by atoms with Crippen molar-refractivity contribution >= 4 is 38.7 Å². The van der Waals surface area contributed by atoms with Crippen molar-refractivity contribution in [1.29, 1.82) is 0 Å². The van der Waals surface area contributed by atoms with Crippen LogP contribution in [0.25, 0.3) is 28.0 Å². The van der Waals surface area contributed by atoms with Crippen LogP contribution < -0.4 is 11.5 Å². The van der Waals surface area contributed by atoms with Crippen molar-refractivity contribution in [2.24, 2.45) is 5.73 Å². The molecule has 128 valence electrons. The van der Waals surface area contributed by atoms with E-state index in [9.17, 15) is 4.79 Å². The number of anilines is 1. The Morgan fingerprint density at radius 3 is 2.38 bits per heavy atom. The maximum atomic E-state index is 11.7. The van der Waals surface area contributed by atoms with Crippen LogP contribution in [0.5, 0.6) is 0 Å². The fourth-order valence-corrected chi connectivity index (χ4v) is 3.09. The summed E-state index contributed by atoms with van der Waals surface area (Å²) in [5.41, 5.74) is 14.6. The van der Waals surface area contributed by atoms with Gasteiger partial charge in [0.05, 0.1) is 11.3 Å². The maximum Gasteiger partial charge on any atom is 0.252 e. The molecular formula is C19H14BrN5O. The molecule has 2 heterocycles. The number of aromatic nitrogens is 3. The highest BCUT2D eigenvalue weighted by atomic mass is 79.9. The molecule has 0 unspecified atom stereocenters. The van der Waals surface area contributed by atoms with Crippen LogP contribution in [-0.2, 0) is 0 Å². The van der Waals surface area contributed by atoms with Crippen LogP contribution in [0.1, 0.15) is 10.4 Å². The van der Waals surface area contributed by atoms with Gasteiger partial charge in [0.1, 0.15) is 11.5 Å². The van der Waals surface area contributed by atoms with E-state index in [0.29, 0.717) is 16.7 Å². The van der Waals surface area contributed by atoms with Gasteiger partial charge in [-0.05, 0) is 30.3 Å². The number of rotatable bonds is 3. The van der Waals surface area contributed by atoms with Crippen molar-refractivity contribution in [3.63, 3.8) is 0 Å². The number of amides is 1. The minimum atomic E-state index is -0.619. The topological polar surface area (TPSA) is 99.8 Å². The van der Waals surface area contributed by atoms with Gasteiger partial charge in [-0.1, -0.05) is 46.3 Å². The van der Waals surface area contributed by atoms with E-state index in [0.717, 1.165) is 15.7 Å². The van der Waals surface area contributed by atoms with Crippen molar-refractivity contribution in [3.05, 3.63) is 70.7 Å². The van der Waals surface area contributed by atoms with E-state index in [1.165, 1.54) is 0 Å². The van der Waals surface area contributed by atoms with Crippen molar-refractivity contribution in [2.75, 3.05) is 5.73 Å². The molecule has 0 aliphatic heterocycles. The summed E-state index contributed by atoms with van der Waals surface area (Å²) in [7, 11) is 0. The highest BCUT2D eigenvalue weighted by Crippen LogP contribution is 2.31. The van der Waals surface area contributed by atoms with Gasteiger partial charge in [0.25, 0.3) is 5.91 Å². The molecule has 0 fully saturated rings. The summed E-state index contributed by atoms with van der Waals surface area (Å²) in [4.78, 5) is 16.1. The molecule has 0 aliphatic carbocycles. The first kappa shape index (κ1) is 16.3. The Kier molecular flexibility index (Phi) is 3.93. The highest BCUT2D eigenvalue weighted by molar-refractivity contribution is 9.10. The van der Waals surface area contributed by atoms with Gasteiger partial charge in [-0.25, -0.2) is 9.67 Å². The second-order valence-electron chi connectivity index (χ2n) is 5.76. The molecule has 0 saturated heterocycles. The number of benzene rings is 2. The number of pyridine rings is 1.